The Labute approximate surface area is 345 Å². The molecule has 0 N–H and O–H groups in total. The second-order valence-electron chi connectivity index (χ2n) is 16.7. The van der Waals surface area contributed by atoms with E-state index in [2.05, 4.69) is 220 Å². The summed E-state index contributed by atoms with van der Waals surface area (Å²) in [7, 11) is 0. The van der Waals surface area contributed by atoms with Gasteiger partial charge in [-0.25, -0.2) is 4.98 Å². The van der Waals surface area contributed by atoms with Crippen molar-refractivity contribution in [3.63, 3.8) is 0 Å². The fourth-order valence-corrected chi connectivity index (χ4v) is 8.49. The number of hydrogen-bond donors (Lipinski definition) is 0. The van der Waals surface area contributed by atoms with Crippen LogP contribution in [0.3, 0.4) is 0 Å². The van der Waals surface area contributed by atoms with E-state index in [1.165, 1.54) is 22.3 Å². The maximum atomic E-state index is 4.99. The monoisotopic (exact) mass is 909 g/mol. The van der Waals surface area contributed by atoms with E-state index in [4.69, 9.17) is 4.98 Å². The van der Waals surface area contributed by atoms with Gasteiger partial charge in [-0.3, -0.25) is 0 Å². The largest absolute Gasteiger partial charge is 2.00 e. The number of pyridine rings is 1. The molecule has 6 aromatic carbocycles. The van der Waals surface area contributed by atoms with Gasteiger partial charge in [-0.1, -0.05) is 123 Å². The SMILES string of the molecule is CC(C)(C)c1ccnc(-n2c3[c-]c(C(c4[c-]c(N5CN(C(C)(C)C)c6ccccc65)ccc4)(c4ccccc4)c4ccccc4)ccc3c3ccccc32)c1.[Pt+2]. The molecule has 0 radical (unpaired) electrons. The number of rotatable bonds is 6. The van der Waals surface area contributed by atoms with E-state index in [1.807, 2.05) is 6.20 Å². The van der Waals surface area contributed by atoms with Gasteiger partial charge in [0, 0.05) is 22.7 Å². The summed E-state index contributed by atoms with van der Waals surface area (Å²) in [6.45, 7) is 14.3. The van der Waals surface area contributed by atoms with Crippen LogP contribution in [-0.2, 0) is 31.9 Å². The van der Waals surface area contributed by atoms with Crippen molar-refractivity contribution in [2.24, 2.45) is 0 Å². The molecule has 4 nitrogen and oxygen atoms in total. The Morgan fingerprint density at radius 3 is 1.86 bits per heavy atom. The maximum Gasteiger partial charge on any atom is 2.00 e. The number of anilines is 3. The Hall–Kier alpha value is -5.44. The van der Waals surface area contributed by atoms with Gasteiger partial charge in [-0.05, 0) is 78.6 Å². The molecule has 1 aliphatic rings. The topological polar surface area (TPSA) is 24.3 Å². The minimum absolute atomic E-state index is 0. The van der Waals surface area contributed by atoms with Crippen molar-refractivity contribution in [1.82, 2.24) is 9.55 Å². The predicted molar refractivity (Wildman–Crippen MR) is 229 cm³/mol. The van der Waals surface area contributed by atoms with Gasteiger partial charge in [0.1, 0.15) is 5.82 Å². The summed E-state index contributed by atoms with van der Waals surface area (Å²) in [5.74, 6) is 0.890. The fourth-order valence-electron chi connectivity index (χ4n) is 8.49. The molecule has 0 amide bonds. The molecule has 0 spiro atoms. The molecular weight excluding hydrogens is 864 g/mol. The predicted octanol–water partition coefficient (Wildman–Crippen LogP) is 12.2. The molecule has 1 aliphatic heterocycles. The third kappa shape index (κ3) is 6.16. The Morgan fingerprint density at radius 2 is 1.18 bits per heavy atom. The van der Waals surface area contributed by atoms with Crippen molar-refractivity contribution < 1.29 is 21.1 Å². The normalized spacial score (nSPS) is 13.2. The number of benzene rings is 6. The first-order valence-corrected chi connectivity index (χ1v) is 19.3. The van der Waals surface area contributed by atoms with Crippen molar-refractivity contribution in [1.29, 1.82) is 0 Å². The van der Waals surface area contributed by atoms with Crippen LogP contribution in [-0.4, -0.2) is 21.8 Å². The summed E-state index contributed by atoms with van der Waals surface area (Å²) >= 11 is 0. The molecule has 0 saturated carbocycles. The van der Waals surface area contributed by atoms with Gasteiger partial charge < -0.3 is 14.4 Å². The van der Waals surface area contributed by atoms with Gasteiger partial charge >= 0.3 is 21.1 Å². The number of fused-ring (bicyclic) bond motifs is 4. The van der Waals surface area contributed by atoms with Crippen molar-refractivity contribution in [2.75, 3.05) is 16.5 Å². The van der Waals surface area contributed by atoms with E-state index in [-0.39, 0.29) is 32.0 Å². The van der Waals surface area contributed by atoms with Crippen LogP contribution in [0.5, 0.6) is 0 Å². The van der Waals surface area contributed by atoms with E-state index < -0.39 is 5.41 Å². The molecule has 0 atom stereocenters. The average Bonchev–Trinajstić information content (AvgIpc) is 3.76. The smallest absolute Gasteiger partial charge is 0.347 e. The Morgan fingerprint density at radius 1 is 0.554 bits per heavy atom. The third-order valence-corrected chi connectivity index (χ3v) is 11.3. The van der Waals surface area contributed by atoms with Crippen LogP contribution in [0.15, 0.2) is 158 Å². The van der Waals surface area contributed by atoms with Gasteiger partial charge in [0.05, 0.1) is 18.0 Å². The molecule has 280 valence electrons. The molecule has 0 fully saturated rings. The number of nitrogens with zero attached hydrogens (tertiary/aromatic N) is 4. The van der Waals surface area contributed by atoms with E-state index in [9.17, 15) is 0 Å². The van der Waals surface area contributed by atoms with Crippen LogP contribution in [0.2, 0.25) is 0 Å². The quantitative estimate of drug-likeness (QED) is 0.123. The summed E-state index contributed by atoms with van der Waals surface area (Å²) < 4.78 is 2.30. The first kappa shape index (κ1) is 37.5. The van der Waals surface area contributed by atoms with Crippen molar-refractivity contribution >= 4 is 38.9 Å². The van der Waals surface area contributed by atoms with Crippen molar-refractivity contribution in [2.45, 2.75) is 57.9 Å². The van der Waals surface area contributed by atoms with Crippen LogP contribution >= 0.6 is 0 Å². The molecule has 5 heteroatoms. The zero-order valence-corrected chi connectivity index (χ0v) is 35.1. The zero-order chi connectivity index (χ0) is 38.0. The van der Waals surface area contributed by atoms with Crippen molar-refractivity contribution in [3.05, 3.63) is 198 Å². The van der Waals surface area contributed by atoms with Gasteiger partial charge in [0.25, 0.3) is 0 Å². The third-order valence-electron chi connectivity index (χ3n) is 11.3. The van der Waals surface area contributed by atoms with Gasteiger partial charge in [0.15, 0.2) is 0 Å². The molecule has 9 rings (SSSR count). The van der Waals surface area contributed by atoms with Crippen LogP contribution in [0.25, 0.3) is 27.6 Å². The summed E-state index contributed by atoms with van der Waals surface area (Å²) in [6.07, 6.45) is 1.94. The molecule has 0 bridgehead atoms. The number of aromatic nitrogens is 2. The van der Waals surface area contributed by atoms with Crippen LogP contribution < -0.4 is 9.80 Å². The second-order valence-corrected chi connectivity index (χ2v) is 16.7. The molecule has 8 aromatic rings. The van der Waals surface area contributed by atoms with Gasteiger partial charge in [-0.15, -0.1) is 22.6 Å². The van der Waals surface area contributed by atoms with Crippen LogP contribution in [0.4, 0.5) is 17.1 Å². The second kappa shape index (κ2) is 14.2. The first-order chi connectivity index (χ1) is 26.5. The van der Waals surface area contributed by atoms with E-state index >= 15 is 0 Å². The molecule has 0 unspecified atom stereocenters. The maximum absolute atomic E-state index is 4.99. The molecular formula is C51H46N4Pt. The van der Waals surface area contributed by atoms with Gasteiger partial charge in [-0.2, -0.15) is 36.4 Å². The van der Waals surface area contributed by atoms with E-state index in [0.717, 1.165) is 56.8 Å². The number of hydrogen-bond acceptors (Lipinski definition) is 3. The molecule has 0 aliphatic carbocycles. The average molecular weight is 910 g/mol. The Balaban J connectivity index is 0.00000441. The number of para-hydroxylation sites is 3. The Bertz CT molecular complexity index is 2630. The van der Waals surface area contributed by atoms with E-state index in [1.54, 1.807) is 0 Å². The Kier molecular flexibility index (Phi) is 9.54. The zero-order valence-electron chi connectivity index (χ0n) is 32.8. The van der Waals surface area contributed by atoms with E-state index in [0.29, 0.717) is 0 Å². The summed E-state index contributed by atoms with van der Waals surface area (Å²) in [4.78, 5) is 9.87. The van der Waals surface area contributed by atoms with Gasteiger partial charge in [0.2, 0.25) is 0 Å². The summed E-state index contributed by atoms with van der Waals surface area (Å²) in [5, 5.41) is 2.32. The molecule has 2 aromatic heterocycles. The van der Waals surface area contributed by atoms with Crippen molar-refractivity contribution in [3.8, 4) is 5.82 Å². The van der Waals surface area contributed by atoms with Crippen LogP contribution in [0.1, 0.15) is 69.4 Å². The summed E-state index contributed by atoms with van der Waals surface area (Å²) in [6, 6.07) is 62.9. The first-order valence-electron chi connectivity index (χ1n) is 19.3. The molecule has 0 saturated heterocycles. The fraction of sp³-hybridized carbons (Fsp3) is 0.196. The standard InChI is InChI=1S/C51H46N4.Pt/c1-49(2,3)38-30-31-52-48(34-38)55-44-25-14-13-24-42(44)43-29-28-40(33-47(43)55)51(36-18-9-7-10-19-36,37-20-11-8-12-21-37)39-22-17-23-41(32-39)53-35-54(50(4,5)6)46-27-16-15-26-45(46)53;/h7-31,34H,35H2,1-6H3;/q-2;+2. The molecule has 3 heterocycles. The minimum atomic E-state index is -0.752. The molecule has 56 heavy (non-hydrogen) atoms. The van der Waals surface area contributed by atoms with Crippen LogP contribution in [0, 0.1) is 12.1 Å². The minimum Gasteiger partial charge on any atom is -0.347 e. The summed E-state index contributed by atoms with van der Waals surface area (Å²) in [5.41, 5.74) is 10.4.